The smallest absolute Gasteiger partial charge is 0.123 e. The second kappa shape index (κ2) is 10.5. The first-order chi connectivity index (χ1) is 8.96. The molecule has 1 heteroatoms. The molecular weight excluding hydrogens is 232 g/mol. The average molecular weight is 268 g/mol. The van der Waals surface area contributed by atoms with E-state index in [1.54, 1.807) is 0 Å². The summed E-state index contributed by atoms with van der Waals surface area (Å²) in [5.74, 6) is 3.15. The predicted molar refractivity (Wildman–Crippen MR) is 85.3 cm³/mol. The average Bonchev–Trinajstić information content (AvgIpc) is 2.38. The summed E-state index contributed by atoms with van der Waals surface area (Å²) in [5, 5.41) is 0. The Morgan fingerprint density at radius 3 is 1.95 bits per heavy atom. The Hall–Kier alpha value is -0.330. The molecule has 0 fully saturated rings. The molecule has 4 atom stereocenters. The predicted octanol–water partition coefficient (Wildman–Crippen LogP) is 5.73. The molecule has 0 heterocycles. The largest absolute Gasteiger partial charge is 0.303 e. The van der Waals surface area contributed by atoms with Crippen LogP contribution in [-0.4, -0.2) is 6.29 Å². The van der Waals surface area contributed by atoms with Gasteiger partial charge >= 0.3 is 0 Å². The highest BCUT2D eigenvalue weighted by molar-refractivity contribution is 5.53. The molecule has 0 aromatic heterocycles. The number of aldehydes is 1. The van der Waals surface area contributed by atoms with Gasteiger partial charge in [-0.3, -0.25) is 0 Å². The summed E-state index contributed by atoms with van der Waals surface area (Å²) in [4.78, 5) is 11.2. The summed E-state index contributed by atoms with van der Waals surface area (Å²) in [6.45, 7) is 13.6. The van der Waals surface area contributed by atoms with Crippen LogP contribution in [0.25, 0.3) is 0 Å². The quantitative estimate of drug-likeness (QED) is 0.438. The zero-order valence-electron chi connectivity index (χ0n) is 14.1. The molecule has 0 bridgehead atoms. The molecule has 0 amide bonds. The Morgan fingerprint density at radius 2 is 1.53 bits per heavy atom. The maximum atomic E-state index is 11.2. The lowest BCUT2D eigenvalue weighted by molar-refractivity contribution is -0.112. The molecule has 0 aliphatic heterocycles. The van der Waals surface area contributed by atoms with Gasteiger partial charge in [-0.2, -0.15) is 0 Å². The third-order valence-electron chi connectivity index (χ3n) is 4.75. The lowest BCUT2D eigenvalue weighted by Crippen LogP contribution is -2.21. The summed E-state index contributed by atoms with van der Waals surface area (Å²) in [5.41, 5.74) is 0. The second-order valence-corrected chi connectivity index (χ2v) is 6.90. The van der Waals surface area contributed by atoms with Gasteiger partial charge in [0.25, 0.3) is 0 Å². The standard InChI is InChI=1S/C18H36O/c1-7-9-15(5)17(8-2)12-18(16(6)13-19)11-10-14(3)4/h13-18H,7-12H2,1-6H3/t15?,16-,17?,18?/m1/s1. The Kier molecular flexibility index (Phi) is 10.3. The van der Waals surface area contributed by atoms with Crippen LogP contribution in [0.3, 0.4) is 0 Å². The molecule has 19 heavy (non-hydrogen) atoms. The summed E-state index contributed by atoms with van der Waals surface area (Å²) in [7, 11) is 0. The summed E-state index contributed by atoms with van der Waals surface area (Å²) < 4.78 is 0. The second-order valence-electron chi connectivity index (χ2n) is 6.90. The van der Waals surface area contributed by atoms with Gasteiger partial charge in [-0.05, 0) is 36.5 Å². The van der Waals surface area contributed by atoms with E-state index in [2.05, 4.69) is 41.5 Å². The fraction of sp³-hybridized carbons (Fsp3) is 0.944. The lowest BCUT2D eigenvalue weighted by Gasteiger charge is -2.29. The SMILES string of the molecule is CCCC(C)C(CC)CC(CCC(C)C)[C@H](C)C=O. The lowest BCUT2D eigenvalue weighted by atomic mass is 9.76. The van der Waals surface area contributed by atoms with E-state index < -0.39 is 0 Å². The first kappa shape index (κ1) is 18.7. The number of carbonyl (C=O) groups is 1. The third-order valence-corrected chi connectivity index (χ3v) is 4.75. The van der Waals surface area contributed by atoms with Crippen molar-refractivity contribution in [3.05, 3.63) is 0 Å². The van der Waals surface area contributed by atoms with Crippen LogP contribution < -0.4 is 0 Å². The maximum absolute atomic E-state index is 11.2. The fourth-order valence-electron chi connectivity index (χ4n) is 3.14. The van der Waals surface area contributed by atoms with Crippen molar-refractivity contribution in [2.75, 3.05) is 0 Å². The van der Waals surface area contributed by atoms with Crippen molar-refractivity contribution in [3.8, 4) is 0 Å². The third kappa shape index (κ3) is 7.74. The highest BCUT2D eigenvalue weighted by Crippen LogP contribution is 2.32. The van der Waals surface area contributed by atoms with Gasteiger partial charge in [0.1, 0.15) is 6.29 Å². The molecule has 0 aromatic rings. The van der Waals surface area contributed by atoms with Crippen LogP contribution in [0.1, 0.15) is 80.1 Å². The Balaban J connectivity index is 4.52. The normalized spacial score (nSPS) is 18.1. The minimum Gasteiger partial charge on any atom is -0.303 e. The molecule has 0 aromatic carbocycles. The fourth-order valence-corrected chi connectivity index (χ4v) is 3.14. The van der Waals surface area contributed by atoms with Crippen LogP contribution in [0.4, 0.5) is 0 Å². The van der Waals surface area contributed by atoms with Crippen LogP contribution in [-0.2, 0) is 4.79 Å². The molecule has 0 rings (SSSR count). The van der Waals surface area contributed by atoms with Gasteiger partial charge in [0, 0.05) is 5.92 Å². The topological polar surface area (TPSA) is 17.1 Å². The monoisotopic (exact) mass is 268 g/mol. The van der Waals surface area contributed by atoms with Gasteiger partial charge < -0.3 is 4.79 Å². The summed E-state index contributed by atoms with van der Waals surface area (Å²) in [6, 6.07) is 0. The van der Waals surface area contributed by atoms with Gasteiger partial charge in [-0.15, -0.1) is 0 Å². The molecule has 3 unspecified atom stereocenters. The van der Waals surface area contributed by atoms with Crippen LogP contribution in [0.15, 0.2) is 0 Å². The van der Waals surface area contributed by atoms with Gasteiger partial charge in [-0.25, -0.2) is 0 Å². The van der Waals surface area contributed by atoms with Crippen molar-refractivity contribution >= 4 is 6.29 Å². The van der Waals surface area contributed by atoms with E-state index in [0.29, 0.717) is 5.92 Å². The number of hydrogen-bond acceptors (Lipinski definition) is 1. The molecule has 0 radical (unpaired) electrons. The van der Waals surface area contributed by atoms with Crippen molar-refractivity contribution in [1.29, 1.82) is 0 Å². The van der Waals surface area contributed by atoms with Gasteiger partial charge in [-0.1, -0.05) is 67.2 Å². The Morgan fingerprint density at radius 1 is 0.895 bits per heavy atom. The van der Waals surface area contributed by atoms with E-state index in [1.807, 2.05) is 0 Å². The van der Waals surface area contributed by atoms with Crippen molar-refractivity contribution in [2.24, 2.45) is 29.6 Å². The zero-order valence-corrected chi connectivity index (χ0v) is 14.1. The molecule has 0 aliphatic rings. The van der Waals surface area contributed by atoms with E-state index in [0.717, 1.165) is 17.8 Å². The summed E-state index contributed by atoms with van der Waals surface area (Å²) in [6.07, 6.45) is 8.73. The number of hydrogen-bond donors (Lipinski definition) is 0. The highest BCUT2D eigenvalue weighted by atomic mass is 16.1. The molecule has 0 spiro atoms. The van der Waals surface area contributed by atoms with Crippen molar-refractivity contribution in [1.82, 2.24) is 0 Å². The first-order valence-electron chi connectivity index (χ1n) is 8.41. The van der Waals surface area contributed by atoms with E-state index in [-0.39, 0.29) is 5.92 Å². The van der Waals surface area contributed by atoms with Gasteiger partial charge in [0.15, 0.2) is 0 Å². The molecule has 0 saturated carbocycles. The molecule has 0 N–H and O–H groups in total. The molecule has 1 nitrogen and oxygen atoms in total. The minimum atomic E-state index is 0.224. The van der Waals surface area contributed by atoms with E-state index in [4.69, 9.17) is 0 Å². The molecule has 114 valence electrons. The van der Waals surface area contributed by atoms with Crippen LogP contribution in [0.2, 0.25) is 0 Å². The van der Waals surface area contributed by atoms with Gasteiger partial charge in [0.05, 0.1) is 0 Å². The molecular formula is C18H36O. The van der Waals surface area contributed by atoms with Crippen molar-refractivity contribution < 1.29 is 4.79 Å². The van der Waals surface area contributed by atoms with Crippen LogP contribution >= 0.6 is 0 Å². The number of carbonyl (C=O) groups excluding carboxylic acids is 1. The highest BCUT2D eigenvalue weighted by Gasteiger charge is 2.24. The molecule has 0 aliphatic carbocycles. The van der Waals surface area contributed by atoms with Crippen LogP contribution in [0.5, 0.6) is 0 Å². The van der Waals surface area contributed by atoms with E-state index >= 15 is 0 Å². The number of rotatable bonds is 11. The maximum Gasteiger partial charge on any atom is 0.123 e. The zero-order chi connectivity index (χ0) is 14.8. The van der Waals surface area contributed by atoms with E-state index in [1.165, 1.54) is 44.8 Å². The minimum absolute atomic E-state index is 0.224. The van der Waals surface area contributed by atoms with Gasteiger partial charge in [0.2, 0.25) is 0 Å². The Bertz CT molecular complexity index is 222. The molecule has 0 saturated heterocycles. The van der Waals surface area contributed by atoms with Crippen LogP contribution in [0, 0.1) is 29.6 Å². The van der Waals surface area contributed by atoms with Crippen molar-refractivity contribution in [3.63, 3.8) is 0 Å². The Labute approximate surface area is 121 Å². The first-order valence-corrected chi connectivity index (χ1v) is 8.41. The summed E-state index contributed by atoms with van der Waals surface area (Å²) >= 11 is 0. The van der Waals surface area contributed by atoms with E-state index in [9.17, 15) is 4.79 Å². The van der Waals surface area contributed by atoms with Crippen molar-refractivity contribution in [2.45, 2.75) is 80.1 Å².